The topological polar surface area (TPSA) is 115 Å². The van der Waals surface area contributed by atoms with Gasteiger partial charge in [-0.3, -0.25) is 4.79 Å². The molecule has 0 bridgehead atoms. The van der Waals surface area contributed by atoms with Crippen molar-refractivity contribution in [3.63, 3.8) is 0 Å². The van der Waals surface area contributed by atoms with Crippen LogP contribution in [-0.2, 0) is 20.6 Å². The number of sulfonamides is 1. The van der Waals surface area contributed by atoms with Crippen LogP contribution >= 0.6 is 0 Å². The van der Waals surface area contributed by atoms with Crippen molar-refractivity contribution in [1.29, 1.82) is 0 Å². The van der Waals surface area contributed by atoms with Crippen molar-refractivity contribution in [2.75, 3.05) is 5.73 Å². The summed E-state index contributed by atoms with van der Waals surface area (Å²) in [5.74, 6) is -0.934. The summed E-state index contributed by atoms with van der Waals surface area (Å²) in [6.07, 6.45) is 0. The highest BCUT2D eigenvalue weighted by molar-refractivity contribution is 7.88. The van der Waals surface area contributed by atoms with Gasteiger partial charge in [-0.15, -0.1) is 0 Å². The van der Waals surface area contributed by atoms with Crippen LogP contribution in [0.3, 0.4) is 0 Å². The van der Waals surface area contributed by atoms with Crippen molar-refractivity contribution in [1.82, 2.24) is 4.72 Å². The Hall–Kier alpha value is -1.60. The SMILES string of the molecule is CC(NS(=O)(=O)Cc1ccc(N)cc1)C(N)=O. The van der Waals surface area contributed by atoms with Crippen molar-refractivity contribution in [2.45, 2.75) is 18.7 Å². The van der Waals surface area contributed by atoms with Crippen LogP contribution in [0.15, 0.2) is 24.3 Å². The molecule has 0 aliphatic heterocycles. The molecule has 1 aromatic rings. The molecule has 1 atom stereocenters. The number of hydrogen-bond donors (Lipinski definition) is 3. The van der Waals surface area contributed by atoms with E-state index in [0.29, 0.717) is 11.3 Å². The predicted molar refractivity (Wildman–Crippen MR) is 65.3 cm³/mol. The van der Waals surface area contributed by atoms with E-state index in [2.05, 4.69) is 4.72 Å². The number of primary amides is 1. The molecule has 6 nitrogen and oxygen atoms in total. The number of carbonyl (C=O) groups is 1. The fourth-order valence-electron chi connectivity index (χ4n) is 1.20. The summed E-state index contributed by atoms with van der Waals surface area (Å²) in [4.78, 5) is 10.8. The van der Waals surface area contributed by atoms with Crippen LogP contribution in [0.1, 0.15) is 12.5 Å². The minimum Gasteiger partial charge on any atom is -0.399 e. The number of carbonyl (C=O) groups excluding carboxylic acids is 1. The normalized spacial score (nSPS) is 13.2. The third kappa shape index (κ3) is 4.41. The lowest BCUT2D eigenvalue weighted by atomic mass is 10.2. The maximum absolute atomic E-state index is 11.6. The zero-order valence-corrected chi connectivity index (χ0v) is 10.2. The highest BCUT2D eigenvalue weighted by atomic mass is 32.2. The number of rotatable bonds is 5. The lowest BCUT2D eigenvalue weighted by molar-refractivity contribution is -0.119. The Bertz CT molecular complexity index is 496. The first-order valence-corrected chi connectivity index (χ1v) is 6.59. The van der Waals surface area contributed by atoms with E-state index >= 15 is 0 Å². The number of anilines is 1. The lowest BCUT2D eigenvalue weighted by Gasteiger charge is -2.10. The number of nitrogens with two attached hydrogens (primary N) is 2. The first kappa shape index (κ1) is 13.5. The number of benzene rings is 1. The van der Waals surface area contributed by atoms with Crippen molar-refractivity contribution in [2.24, 2.45) is 5.73 Å². The van der Waals surface area contributed by atoms with E-state index in [1.807, 2.05) is 0 Å². The number of nitrogen functional groups attached to an aromatic ring is 1. The van der Waals surface area contributed by atoms with Gasteiger partial charge in [0.2, 0.25) is 15.9 Å². The van der Waals surface area contributed by atoms with E-state index in [4.69, 9.17) is 11.5 Å². The minimum absolute atomic E-state index is 0.217. The molecule has 0 saturated heterocycles. The molecular formula is C10H15N3O3S. The van der Waals surface area contributed by atoms with Crippen LogP contribution in [-0.4, -0.2) is 20.4 Å². The number of amides is 1. The van der Waals surface area contributed by atoms with Gasteiger partial charge in [-0.2, -0.15) is 0 Å². The molecule has 0 aromatic heterocycles. The van der Waals surface area contributed by atoms with Crippen LogP contribution in [0.5, 0.6) is 0 Å². The van der Waals surface area contributed by atoms with Gasteiger partial charge in [-0.25, -0.2) is 13.1 Å². The summed E-state index contributed by atoms with van der Waals surface area (Å²) in [5, 5.41) is 0. The predicted octanol–water partition coefficient (Wildman–Crippen LogP) is -0.438. The molecule has 1 amide bonds. The molecule has 0 radical (unpaired) electrons. The Kier molecular flexibility index (Phi) is 4.08. The van der Waals surface area contributed by atoms with Gasteiger partial charge in [-0.05, 0) is 24.6 Å². The van der Waals surface area contributed by atoms with E-state index in [0.717, 1.165) is 0 Å². The van der Waals surface area contributed by atoms with E-state index in [-0.39, 0.29) is 5.75 Å². The fourth-order valence-corrected chi connectivity index (χ4v) is 2.57. The first-order valence-electron chi connectivity index (χ1n) is 4.94. The molecule has 1 aromatic carbocycles. The summed E-state index contributed by atoms with van der Waals surface area (Å²) >= 11 is 0. The molecule has 1 rings (SSSR count). The Morgan fingerprint density at radius 2 is 1.88 bits per heavy atom. The average molecular weight is 257 g/mol. The molecule has 5 N–H and O–H groups in total. The molecule has 0 aliphatic carbocycles. The van der Waals surface area contributed by atoms with E-state index in [9.17, 15) is 13.2 Å². The first-order chi connectivity index (χ1) is 7.80. The van der Waals surface area contributed by atoms with Crippen molar-refractivity contribution in [3.05, 3.63) is 29.8 Å². The molecule has 17 heavy (non-hydrogen) atoms. The van der Waals surface area contributed by atoms with Gasteiger partial charge in [0.05, 0.1) is 11.8 Å². The van der Waals surface area contributed by atoms with Crippen LogP contribution in [0, 0.1) is 0 Å². The number of nitrogens with one attached hydrogen (secondary N) is 1. The molecule has 7 heteroatoms. The second-order valence-corrected chi connectivity index (χ2v) is 5.50. The van der Waals surface area contributed by atoms with Crippen molar-refractivity contribution >= 4 is 21.6 Å². The van der Waals surface area contributed by atoms with Crippen LogP contribution < -0.4 is 16.2 Å². The van der Waals surface area contributed by atoms with Gasteiger partial charge in [-0.1, -0.05) is 12.1 Å². The summed E-state index contributed by atoms with van der Waals surface area (Å²) in [7, 11) is -3.58. The highest BCUT2D eigenvalue weighted by Crippen LogP contribution is 2.08. The van der Waals surface area contributed by atoms with Gasteiger partial charge in [0, 0.05) is 5.69 Å². The average Bonchev–Trinajstić information content (AvgIpc) is 2.20. The second kappa shape index (κ2) is 5.15. The number of hydrogen-bond acceptors (Lipinski definition) is 4. The quantitative estimate of drug-likeness (QED) is 0.620. The lowest BCUT2D eigenvalue weighted by Crippen LogP contribution is -2.42. The molecule has 0 spiro atoms. The van der Waals surface area contributed by atoms with E-state index < -0.39 is 22.0 Å². The summed E-state index contributed by atoms with van der Waals surface area (Å²) in [5.41, 5.74) is 11.6. The summed E-state index contributed by atoms with van der Waals surface area (Å²) in [6.45, 7) is 1.39. The zero-order valence-electron chi connectivity index (χ0n) is 9.38. The van der Waals surface area contributed by atoms with E-state index in [1.54, 1.807) is 24.3 Å². The molecular weight excluding hydrogens is 242 g/mol. The Morgan fingerprint density at radius 1 is 1.35 bits per heavy atom. The molecule has 0 aliphatic rings. The van der Waals surface area contributed by atoms with E-state index in [1.165, 1.54) is 6.92 Å². The summed E-state index contributed by atoms with van der Waals surface area (Å²) in [6, 6.07) is 5.53. The zero-order chi connectivity index (χ0) is 13.1. The van der Waals surface area contributed by atoms with Gasteiger partial charge in [0.15, 0.2) is 0 Å². The maximum atomic E-state index is 11.6. The largest absolute Gasteiger partial charge is 0.399 e. The smallest absolute Gasteiger partial charge is 0.235 e. The maximum Gasteiger partial charge on any atom is 0.235 e. The third-order valence-electron chi connectivity index (χ3n) is 2.12. The van der Waals surface area contributed by atoms with Crippen LogP contribution in [0.2, 0.25) is 0 Å². The molecule has 1 unspecified atom stereocenters. The molecule has 0 saturated carbocycles. The second-order valence-electron chi connectivity index (χ2n) is 3.74. The monoisotopic (exact) mass is 257 g/mol. The van der Waals surface area contributed by atoms with Crippen LogP contribution in [0.4, 0.5) is 5.69 Å². The third-order valence-corrected chi connectivity index (χ3v) is 3.55. The summed E-state index contributed by atoms with van der Waals surface area (Å²) < 4.78 is 25.5. The Morgan fingerprint density at radius 3 is 2.35 bits per heavy atom. The Labute approximate surface area is 100 Å². The molecule has 0 heterocycles. The Balaban J connectivity index is 2.73. The van der Waals surface area contributed by atoms with Gasteiger partial charge in [0.25, 0.3) is 0 Å². The van der Waals surface area contributed by atoms with Gasteiger partial charge in [0.1, 0.15) is 0 Å². The highest BCUT2D eigenvalue weighted by Gasteiger charge is 2.18. The van der Waals surface area contributed by atoms with Gasteiger partial charge >= 0.3 is 0 Å². The van der Waals surface area contributed by atoms with Gasteiger partial charge < -0.3 is 11.5 Å². The standard InChI is InChI=1S/C10H15N3O3S/c1-7(10(12)14)13-17(15,16)6-8-2-4-9(11)5-3-8/h2-5,7,13H,6,11H2,1H3,(H2,12,14). The minimum atomic E-state index is -3.58. The van der Waals surface area contributed by atoms with Crippen LogP contribution in [0.25, 0.3) is 0 Å². The molecule has 94 valence electrons. The van der Waals surface area contributed by atoms with Crippen molar-refractivity contribution in [3.8, 4) is 0 Å². The molecule has 0 fully saturated rings. The van der Waals surface area contributed by atoms with Crippen molar-refractivity contribution < 1.29 is 13.2 Å². The fraction of sp³-hybridized carbons (Fsp3) is 0.300.